The first-order chi connectivity index (χ1) is 6.70. The molecule has 2 rings (SSSR count). The van der Waals surface area contributed by atoms with Crippen LogP contribution in [-0.2, 0) is 6.61 Å². The standard InChI is InChI=1S/C10H9NO3/c1-6-11-9-4-7(5-12)2-3-8(9)10(13)14-6/h2-4,12H,5H2,1H3. The minimum atomic E-state index is -0.392. The van der Waals surface area contributed by atoms with Gasteiger partial charge in [-0.05, 0) is 17.7 Å². The van der Waals surface area contributed by atoms with Crippen LogP contribution >= 0.6 is 0 Å². The molecule has 0 fully saturated rings. The van der Waals surface area contributed by atoms with Gasteiger partial charge in [-0.25, -0.2) is 9.78 Å². The molecule has 0 atom stereocenters. The summed E-state index contributed by atoms with van der Waals surface area (Å²) < 4.78 is 4.83. The molecule has 72 valence electrons. The quantitative estimate of drug-likeness (QED) is 0.730. The van der Waals surface area contributed by atoms with Gasteiger partial charge in [-0.15, -0.1) is 0 Å². The molecule has 1 aromatic heterocycles. The molecule has 0 bridgehead atoms. The molecule has 0 saturated heterocycles. The second-order valence-electron chi connectivity index (χ2n) is 3.03. The maximum Gasteiger partial charge on any atom is 0.346 e. The van der Waals surface area contributed by atoms with E-state index in [1.165, 1.54) is 0 Å². The summed E-state index contributed by atoms with van der Waals surface area (Å²) >= 11 is 0. The summed E-state index contributed by atoms with van der Waals surface area (Å²) in [5.41, 5.74) is 0.900. The molecule has 1 aromatic carbocycles. The van der Waals surface area contributed by atoms with Crippen LogP contribution in [0.3, 0.4) is 0 Å². The van der Waals surface area contributed by atoms with Crippen molar-refractivity contribution in [3.63, 3.8) is 0 Å². The lowest BCUT2D eigenvalue weighted by molar-refractivity contribution is 0.282. The summed E-state index contributed by atoms with van der Waals surface area (Å²) in [6, 6.07) is 4.97. The summed E-state index contributed by atoms with van der Waals surface area (Å²) in [6.45, 7) is 1.56. The van der Waals surface area contributed by atoms with Crippen LogP contribution in [0, 0.1) is 6.92 Å². The van der Waals surface area contributed by atoms with Gasteiger partial charge in [0, 0.05) is 6.92 Å². The number of aryl methyl sites for hydroxylation is 1. The van der Waals surface area contributed by atoms with Gasteiger partial charge in [0.25, 0.3) is 0 Å². The molecule has 4 heteroatoms. The van der Waals surface area contributed by atoms with E-state index in [0.29, 0.717) is 16.8 Å². The maximum atomic E-state index is 11.3. The Labute approximate surface area is 79.8 Å². The van der Waals surface area contributed by atoms with Crippen molar-refractivity contribution in [2.45, 2.75) is 13.5 Å². The topological polar surface area (TPSA) is 63.3 Å². The molecular formula is C10H9NO3. The van der Waals surface area contributed by atoms with Crippen molar-refractivity contribution < 1.29 is 9.52 Å². The monoisotopic (exact) mass is 191 g/mol. The summed E-state index contributed by atoms with van der Waals surface area (Å²) in [5, 5.41) is 9.34. The Morgan fingerprint density at radius 3 is 3.00 bits per heavy atom. The van der Waals surface area contributed by atoms with Gasteiger partial charge in [0.05, 0.1) is 17.5 Å². The molecular weight excluding hydrogens is 182 g/mol. The van der Waals surface area contributed by atoms with E-state index in [4.69, 9.17) is 9.52 Å². The second kappa shape index (κ2) is 3.23. The number of fused-ring (bicyclic) bond motifs is 1. The van der Waals surface area contributed by atoms with Crippen molar-refractivity contribution in [3.8, 4) is 0 Å². The summed E-state index contributed by atoms with van der Waals surface area (Å²) in [6.07, 6.45) is 0. The number of hydrogen-bond acceptors (Lipinski definition) is 4. The molecule has 1 N–H and O–H groups in total. The van der Waals surface area contributed by atoms with Gasteiger partial charge in [-0.1, -0.05) is 6.07 Å². The first kappa shape index (κ1) is 8.90. The summed E-state index contributed by atoms with van der Waals surface area (Å²) in [4.78, 5) is 15.4. The molecule has 1 heterocycles. The van der Waals surface area contributed by atoms with Gasteiger partial charge >= 0.3 is 5.63 Å². The highest BCUT2D eigenvalue weighted by atomic mass is 16.4. The third-order valence-electron chi connectivity index (χ3n) is 1.98. The van der Waals surface area contributed by atoms with Crippen molar-refractivity contribution in [2.24, 2.45) is 0 Å². The first-order valence-corrected chi connectivity index (χ1v) is 4.22. The number of hydrogen-bond donors (Lipinski definition) is 1. The van der Waals surface area contributed by atoms with E-state index in [2.05, 4.69) is 4.98 Å². The van der Waals surface area contributed by atoms with Gasteiger partial charge in [0.15, 0.2) is 5.89 Å². The van der Waals surface area contributed by atoms with E-state index in [0.717, 1.165) is 5.56 Å². The zero-order valence-corrected chi connectivity index (χ0v) is 7.65. The Morgan fingerprint density at radius 1 is 1.50 bits per heavy atom. The second-order valence-corrected chi connectivity index (χ2v) is 3.03. The van der Waals surface area contributed by atoms with Crippen LogP contribution in [0.5, 0.6) is 0 Å². The SMILES string of the molecule is Cc1nc2cc(CO)ccc2c(=O)o1. The largest absolute Gasteiger partial charge is 0.408 e. The highest BCUT2D eigenvalue weighted by Gasteiger charge is 2.03. The van der Waals surface area contributed by atoms with Gasteiger partial charge < -0.3 is 9.52 Å². The average molecular weight is 191 g/mol. The van der Waals surface area contributed by atoms with Crippen LogP contribution in [0.4, 0.5) is 0 Å². The molecule has 0 radical (unpaired) electrons. The average Bonchev–Trinajstić information content (AvgIpc) is 2.16. The fourth-order valence-corrected chi connectivity index (χ4v) is 1.32. The van der Waals surface area contributed by atoms with E-state index < -0.39 is 5.63 Å². The van der Waals surface area contributed by atoms with Gasteiger partial charge in [-0.3, -0.25) is 0 Å². The summed E-state index contributed by atoms with van der Waals surface area (Å²) in [5.74, 6) is 0.331. The lowest BCUT2D eigenvalue weighted by Crippen LogP contribution is -2.03. The molecule has 14 heavy (non-hydrogen) atoms. The Kier molecular flexibility index (Phi) is 2.05. The van der Waals surface area contributed by atoms with Gasteiger partial charge in [0.1, 0.15) is 0 Å². The number of aliphatic hydroxyl groups excluding tert-OH is 1. The van der Waals surface area contributed by atoms with Crippen LogP contribution in [0.25, 0.3) is 10.9 Å². The zero-order chi connectivity index (χ0) is 10.1. The minimum absolute atomic E-state index is 0.0586. The number of aromatic nitrogens is 1. The normalized spacial score (nSPS) is 10.7. The Hall–Kier alpha value is -1.68. The molecule has 0 aliphatic carbocycles. The van der Waals surface area contributed by atoms with Crippen molar-refractivity contribution in [1.29, 1.82) is 0 Å². The van der Waals surface area contributed by atoms with Crippen molar-refractivity contribution >= 4 is 10.9 Å². The van der Waals surface area contributed by atoms with Crippen LogP contribution in [0.15, 0.2) is 27.4 Å². The van der Waals surface area contributed by atoms with Crippen LogP contribution in [0.1, 0.15) is 11.5 Å². The minimum Gasteiger partial charge on any atom is -0.408 e. The molecule has 0 saturated carbocycles. The molecule has 0 unspecified atom stereocenters. The van der Waals surface area contributed by atoms with Gasteiger partial charge in [0.2, 0.25) is 0 Å². The number of benzene rings is 1. The van der Waals surface area contributed by atoms with Crippen molar-refractivity contribution in [2.75, 3.05) is 0 Å². The fraction of sp³-hybridized carbons (Fsp3) is 0.200. The Morgan fingerprint density at radius 2 is 2.29 bits per heavy atom. The lowest BCUT2D eigenvalue weighted by Gasteiger charge is -1.99. The molecule has 0 amide bonds. The highest BCUT2D eigenvalue weighted by Crippen LogP contribution is 2.10. The van der Waals surface area contributed by atoms with Crippen LogP contribution < -0.4 is 5.63 Å². The Bertz CT molecular complexity index is 530. The molecule has 2 aromatic rings. The van der Waals surface area contributed by atoms with Crippen molar-refractivity contribution in [3.05, 3.63) is 40.1 Å². The Balaban J connectivity index is 2.82. The lowest BCUT2D eigenvalue weighted by atomic mass is 10.2. The van der Waals surface area contributed by atoms with Crippen LogP contribution in [0.2, 0.25) is 0 Å². The van der Waals surface area contributed by atoms with E-state index in [9.17, 15) is 4.79 Å². The highest BCUT2D eigenvalue weighted by molar-refractivity contribution is 5.77. The molecule has 4 nitrogen and oxygen atoms in total. The number of rotatable bonds is 1. The third-order valence-corrected chi connectivity index (χ3v) is 1.98. The molecule has 0 aliphatic rings. The van der Waals surface area contributed by atoms with Crippen LogP contribution in [-0.4, -0.2) is 10.1 Å². The van der Waals surface area contributed by atoms with E-state index in [-0.39, 0.29) is 6.61 Å². The number of nitrogens with zero attached hydrogens (tertiary/aromatic N) is 1. The predicted molar refractivity (Wildman–Crippen MR) is 50.9 cm³/mol. The number of aliphatic hydroxyl groups is 1. The van der Waals surface area contributed by atoms with E-state index in [1.54, 1.807) is 25.1 Å². The first-order valence-electron chi connectivity index (χ1n) is 4.22. The third kappa shape index (κ3) is 1.40. The smallest absolute Gasteiger partial charge is 0.346 e. The molecule has 0 aliphatic heterocycles. The van der Waals surface area contributed by atoms with Crippen molar-refractivity contribution in [1.82, 2.24) is 4.98 Å². The summed E-state index contributed by atoms with van der Waals surface area (Å²) in [7, 11) is 0. The van der Waals surface area contributed by atoms with E-state index in [1.807, 2.05) is 0 Å². The van der Waals surface area contributed by atoms with E-state index >= 15 is 0 Å². The maximum absolute atomic E-state index is 11.3. The zero-order valence-electron chi connectivity index (χ0n) is 7.65. The fourth-order valence-electron chi connectivity index (χ4n) is 1.32. The predicted octanol–water partition coefficient (Wildman–Crippen LogP) is 0.989. The molecule has 0 spiro atoms. The van der Waals surface area contributed by atoms with Gasteiger partial charge in [-0.2, -0.15) is 0 Å².